The molecule has 2 aliphatic heterocycles. The van der Waals surface area contributed by atoms with E-state index >= 15 is 0 Å². The molecule has 65 heavy (non-hydrogen) atoms. The Labute approximate surface area is 384 Å². The normalized spacial score (nSPS) is 14.8. The van der Waals surface area contributed by atoms with Crippen molar-refractivity contribution < 1.29 is 30.8 Å². The van der Waals surface area contributed by atoms with Crippen LogP contribution in [0.4, 0.5) is 17.1 Å². The summed E-state index contributed by atoms with van der Waals surface area (Å²) in [6.45, 7) is 18.1. The number of benzene rings is 5. The highest BCUT2D eigenvalue weighted by molar-refractivity contribution is 7.89. The molecule has 2 heterocycles. The highest BCUT2D eigenvalue weighted by Crippen LogP contribution is 2.44. The zero-order valence-electron chi connectivity index (χ0n) is 38.5. The van der Waals surface area contributed by atoms with Crippen LogP contribution in [-0.4, -0.2) is 52.8 Å². The van der Waals surface area contributed by atoms with Gasteiger partial charge in [0.1, 0.15) is 17.4 Å². The molecule has 0 aromatic heterocycles. The van der Waals surface area contributed by atoms with Crippen molar-refractivity contribution in [3.8, 4) is 22.5 Å². The Morgan fingerprint density at radius 2 is 1.55 bits per heavy atom. The van der Waals surface area contributed by atoms with Crippen molar-refractivity contribution >= 4 is 54.0 Å². The van der Waals surface area contributed by atoms with Crippen LogP contribution in [0.2, 0.25) is 0 Å². The van der Waals surface area contributed by atoms with E-state index < -0.39 is 32.1 Å². The molecule has 1 unspecified atom stereocenters. The molecular formula is C52H60N4O7S2. The molecule has 0 bridgehead atoms. The summed E-state index contributed by atoms with van der Waals surface area (Å²) in [6, 6.07) is 27.9. The lowest BCUT2D eigenvalue weighted by atomic mass is 9.93. The number of fused-ring (bicyclic) bond motifs is 2. The summed E-state index contributed by atoms with van der Waals surface area (Å²) in [5, 5.41) is 4.87. The Morgan fingerprint density at radius 3 is 2.22 bits per heavy atom. The SMILES string of the molecule is C=C(C)C(=O)OC1CCN(S(=O)(=O)c2ccccc2-c2c3cc/c(=N\c4c(C)cc(S(=O)(=O)NCC(CC)CCCC)cc4C)cc-3oc3cc(Nc4c(C)cccc4C)ccc23)CC1. The van der Waals surface area contributed by atoms with Crippen LogP contribution in [0.15, 0.2) is 122 Å². The average Bonchev–Trinajstić information content (AvgIpc) is 3.28. The van der Waals surface area contributed by atoms with Gasteiger partial charge in [-0.1, -0.05) is 76.1 Å². The number of hydrogen-bond acceptors (Lipinski definition) is 9. The standard InChI is InChI=1S/C52H60N4O7S2/c1-9-11-17-38(10-2)32-53-64(58,59)42-28-36(7)51(37(8)29-42)55-40-21-23-44-47(31-40)63-46-30-39(54-50-34(5)15-14-16-35(50)6)20-22-43(46)49(44)45-18-12-13-19-48(45)65(60,61)56-26-24-41(25-27-56)62-52(57)33(3)4/h12-16,18-23,28-31,38,41,53-54H,3,9-11,17,24-27,32H2,1-2,4-8H3/b55-40+. The van der Waals surface area contributed by atoms with Crippen LogP contribution in [0.3, 0.4) is 0 Å². The van der Waals surface area contributed by atoms with Gasteiger partial charge in [0.25, 0.3) is 0 Å². The summed E-state index contributed by atoms with van der Waals surface area (Å²) in [5.41, 5.74) is 8.74. The molecule has 0 saturated carbocycles. The minimum atomic E-state index is -4.02. The van der Waals surface area contributed by atoms with Crippen molar-refractivity contribution in [2.45, 2.75) is 103 Å². The molecule has 4 aromatic rings. The molecule has 4 aromatic carbocycles. The molecule has 1 fully saturated rings. The number of piperidine rings is 1. The molecule has 1 aliphatic carbocycles. The van der Waals surface area contributed by atoms with Crippen LogP contribution < -0.4 is 15.4 Å². The monoisotopic (exact) mass is 916 g/mol. The number of rotatable bonds is 16. The number of esters is 1. The minimum absolute atomic E-state index is 0.152. The van der Waals surface area contributed by atoms with Crippen molar-refractivity contribution in [3.63, 3.8) is 0 Å². The van der Waals surface area contributed by atoms with E-state index in [2.05, 4.69) is 56.4 Å². The van der Waals surface area contributed by atoms with Gasteiger partial charge >= 0.3 is 5.97 Å². The zero-order chi connectivity index (χ0) is 46.6. The Bertz CT molecular complexity index is 2980. The molecule has 0 radical (unpaired) electrons. The molecule has 2 N–H and O–H groups in total. The first kappa shape index (κ1) is 47.4. The second-order valence-electron chi connectivity index (χ2n) is 17.3. The third kappa shape index (κ3) is 10.4. The van der Waals surface area contributed by atoms with Gasteiger partial charge in [-0.15, -0.1) is 0 Å². The van der Waals surface area contributed by atoms with Gasteiger partial charge < -0.3 is 14.5 Å². The fourth-order valence-electron chi connectivity index (χ4n) is 8.58. The van der Waals surface area contributed by atoms with Crippen molar-refractivity contribution in [1.29, 1.82) is 0 Å². The summed E-state index contributed by atoms with van der Waals surface area (Å²) in [6.07, 6.45) is 4.35. The van der Waals surface area contributed by atoms with Crippen LogP contribution in [-0.2, 0) is 29.6 Å². The van der Waals surface area contributed by atoms with E-state index in [1.807, 2.05) is 68.4 Å². The summed E-state index contributed by atoms with van der Waals surface area (Å²) in [4.78, 5) is 17.6. The summed E-state index contributed by atoms with van der Waals surface area (Å²) in [7, 11) is -7.77. The number of unbranched alkanes of at least 4 members (excludes halogenated alkanes) is 1. The maximum absolute atomic E-state index is 14.7. The van der Waals surface area contributed by atoms with Gasteiger partial charge in [-0.05, 0) is 125 Å². The van der Waals surface area contributed by atoms with E-state index in [0.717, 1.165) is 53.6 Å². The van der Waals surface area contributed by atoms with Gasteiger partial charge in [0, 0.05) is 70.8 Å². The van der Waals surface area contributed by atoms with Gasteiger partial charge in [-0.3, -0.25) is 0 Å². The summed E-state index contributed by atoms with van der Waals surface area (Å²) in [5.74, 6) is 0.283. The van der Waals surface area contributed by atoms with Crippen LogP contribution in [0.25, 0.3) is 33.4 Å². The second-order valence-corrected chi connectivity index (χ2v) is 21.0. The Morgan fingerprint density at radius 1 is 0.862 bits per heavy atom. The van der Waals surface area contributed by atoms with E-state index in [-0.39, 0.29) is 28.8 Å². The van der Waals surface area contributed by atoms with E-state index in [0.29, 0.717) is 75.2 Å². The number of sulfonamides is 2. The minimum Gasteiger partial charge on any atom is -0.459 e. The largest absolute Gasteiger partial charge is 0.459 e. The molecule has 3 aliphatic rings. The number of hydrogen-bond donors (Lipinski definition) is 2. The first-order valence-corrected chi connectivity index (χ1v) is 25.4. The molecule has 1 atom stereocenters. The number of carbonyl (C=O) groups excluding carboxylic acids is 1. The van der Waals surface area contributed by atoms with Gasteiger partial charge in [0.15, 0.2) is 0 Å². The number of anilines is 2. The van der Waals surface area contributed by atoms with Crippen LogP contribution in [0.1, 0.15) is 81.5 Å². The molecule has 0 spiro atoms. The number of nitrogens with zero attached hydrogens (tertiary/aromatic N) is 2. The first-order chi connectivity index (χ1) is 31.0. The lowest BCUT2D eigenvalue weighted by Crippen LogP contribution is -2.41. The fourth-order valence-corrected chi connectivity index (χ4v) is 11.5. The molecule has 13 heteroatoms. The highest BCUT2D eigenvalue weighted by atomic mass is 32.2. The number of nitrogens with one attached hydrogen (secondary N) is 2. The van der Waals surface area contributed by atoms with Gasteiger partial charge in [0.05, 0.1) is 20.8 Å². The predicted molar refractivity (Wildman–Crippen MR) is 260 cm³/mol. The van der Waals surface area contributed by atoms with E-state index in [1.165, 1.54) is 4.31 Å². The first-order valence-electron chi connectivity index (χ1n) is 22.5. The Hall–Kier alpha value is -5.60. The van der Waals surface area contributed by atoms with Gasteiger partial charge in [0.2, 0.25) is 20.0 Å². The summed E-state index contributed by atoms with van der Waals surface area (Å²) >= 11 is 0. The van der Waals surface area contributed by atoms with E-state index in [9.17, 15) is 21.6 Å². The van der Waals surface area contributed by atoms with Crippen molar-refractivity contribution in [2.24, 2.45) is 10.9 Å². The molecule has 0 amide bonds. The topological polar surface area (TPSA) is 147 Å². The highest BCUT2D eigenvalue weighted by Gasteiger charge is 2.34. The second kappa shape index (κ2) is 19.9. The van der Waals surface area contributed by atoms with Crippen molar-refractivity contribution in [1.82, 2.24) is 9.03 Å². The van der Waals surface area contributed by atoms with E-state index in [1.54, 1.807) is 31.2 Å². The summed E-state index contributed by atoms with van der Waals surface area (Å²) < 4.78 is 72.9. The number of aryl methyl sites for hydroxylation is 4. The third-order valence-electron chi connectivity index (χ3n) is 12.4. The van der Waals surface area contributed by atoms with Crippen LogP contribution in [0.5, 0.6) is 0 Å². The van der Waals surface area contributed by atoms with Crippen molar-refractivity contribution in [3.05, 3.63) is 131 Å². The predicted octanol–water partition coefficient (Wildman–Crippen LogP) is 11.2. The molecule has 7 rings (SSSR count). The number of para-hydroxylation sites is 1. The third-order valence-corrected chi connectivity index (χ3v) is 15.7. The molecule has 342 valence electrons. The van der Waals surface area contributed by atoms with Crippen LogP contribution >= 0.6 is 0 Å². The van der Waals surface area contributed by atoms with Gasteiger partial charge in [-0.2, -0.15) is 4.31 Å². The average molecular weight is 917 g/mol. The lowest BCUT2D eigenvalue weighted by molar-refractivity contribution is -0.145. The van der Waals surface area contributed by atoms with E-state index in [4.69, 9.17) is 14.1 Å². The number of ether oxygens (including phenoxy) is 1. The maximum Gasteiger partial charge on any atom is 0.333 e. The molecular weight excluding hydrogens is 857 g/mol. The smallest absolute Gasteiger partial charge is 0.333 e. The lowest BCUT2D eigenvalue weighted by Gasteiger charge is -2.31. The maximum atomic E-state index is 14.7. The zero-order valence-corrected chi connectivity index (χ0v) is 40.1. The Kier molecular flexibility index (Phi) is 14.5. The fraction of sp³-hybridized carbons (Fsp3) is 0.346. The molecule has 11 nitrogen and oxygen atoms in total. The Balaban J connectivity index is 1.32. The number of carbonyl (C=O) groups is 1. The molecule has 1 saturated heterocycles. The quantitative estimate of drug-likeness (QED) is 0.0554. The van der Waals surface area contributed by atoms with Crippen molar-refractivity contribution in [2.75, 3.05) is 25.0 Å². The van der Waals surface area contributed by atoms with Gasteiger partial charge in [-0.25, -0.2) is 31.3 Å². The van der Waals surface area contributed by atoms with Crippen LogP contribution in [0, 0.1) is 33.6 Å².